The molecule has 0 aliphatic carbocycles. The van der Waals surface area contributed by atoms with Crippen molar-refractivity contribution in [1.82, 2.24) is 15.1 Å². The van der Waals surface area contributed by atoms with Crippen molar-refractivity contribution in [3.05, 3.63) is 47.8 Å². The molecule has 0 radical (unpaired) electrons. The summed E-state index contributed by atoms with van der Waals surface area (Å²) in [6.45, 7) is 1.97. The maximum absolute atomic E-state index is 12.3. The van der Waals surface area contributed by atoms with E-state index in [1.807, 2.05) is 44.4 Å². The van der Waals surface area contributed by atoms with E-state index in [-0.39, 0.29) is 5.91 Å². The molecule has 1 aromatic carbocycles. The highest BCUT2D eigenvalue weighted by Gasteiger charge is 2.20. The van der Waals surface area contributed by atoms with E-state index in [2.05, 4.69) is 15.7 Å². The second-order valence-corrected chi connectivity index (χ2v) is 4.47. The first-order valence-electron chi connectivity index (χ1n) is 6.14. The molecule has 0 spiro atoms. The van der Waals surface area contributed by atoms with Crippen LogP contribution in [0.25, 0.3) is 0 Å². The molecule has 2 rings (SSSR count). The van der Waals surface area contributed by atoms with E-state index >= 15 is 0 Å². The summed E-state index contributed by atoms with van der Waals surface area (Å²) < 4.78 is 1.68. The van der Waals surface area contributed by atoms with Crippen molar-refractivity contribution in [2.75, 3.05) is 12.4 Å². The van der Waals surface area contributed by atoms with Crippen LogP contribution in [0.2, 0.25) is 0 Å². The van der Waals surface area contributed by atoms with Gasteiger partial charge in [-0.2, -0.15) is 5.10 Å². The van der Waals surface area contributed by atoms with Gasteiger partial charge in [0.15, 0.2) is 0 Å². The first-order valence-corrected chi connectivity index (χ1v) is 6.14. The molecule has 1 aromatic heterocycles. The van der Waals surface area contributed by atoms with Gasteiger partial charge in [-0.05, 0) is 25.6 Å². The lowest BCUT2D eigenvalue weighted by atomic mass is 10.1. The van der Waals surface area contributed by atoms with Gasteiger partial charge in [0.1, 0.15) is 6.04 Å². The Morgan fingerprint density at radius 3 is 2.68 bits per heavy atom. The van der Waals surface area contributed by atoms with Crippen LogP contribution in [0.4, 0.5) is 5.69 Å². The van der Waals surface area contributed by atoms with E-state index in [4.69, 9.17) is 0 Å². The molecule has 0 fully saturated rings. The molecule has 2 aromatic rings. The van der Waals surface area contributed by atoms with E-state index in [9.17, 15) is 4.79 Å². The highest BCUT2D eigenvalue weighted by molar-refractivity contribution is 5.96. The number of hydrogen-bond acceptors (Lipinski definition) is 3. The summed E-state index contributed by atoms with van der Waals surface area (Å²) in [4.78, 5) is 12.3. The number of nitrogens with zero attached hydrogens (tertiary/aromatic N) is 2. The summed E-state index contributed by atoms with van der Waals surface area (Å²) in [6, 6.07) is 7.30. The summed E-state index contributed by atoms with van der Waals surface area (Å²) in [7, 11) is 3.59. The van der Waals surface area contributed by atoms with E-state index in [0.717, 1.165) is 16.8 Å². The number of anilines is 1. The highest BCUT2D eigenvalue weighted by atomic mass is 16.2. The van der Waals surface area contributed by atoms with Crippen molar-refractivity contribution in [3.8, 4) is 0 Å². The zero-order chi connectivity index (χ0) is 13.8. The summed E-state index contributed by atoms with van der Waals surface area (Å²) in [5.74, 6) is -0.0928. The lowest BCUT2D eigenvalue weighted by Gasteiger charge is -2.15. The molecule has 19 heavy (non-hydrogen) atoms. The van der Waals surface area contributed by atoms with Crippen LogP contribution >= 0.6 is 0 Å². The molecular formula is C14H18N4O. The van der Waals surface area contributed by atoms with Gasteiger partial charge >= 0.3 is 0 Å². The number of para-hydroxylation sites is 1. The molecule has 2 N–H and O–H groups in total. The average Bonchev–Trinajstić information content (AvgIpc) is 2.80. The van der Waals surface area contributed by atoms with Gasteiger partial charge in [0.25, 0.3) is 0 Å². The maximum Gasteiger partial charge on any atom is 0.246 e. The monoisotopic (exact) mass is 258 g/mol. The van der Waals surface area contributed by atoms with Gasteiger partial charge in [0, 0.05) is 24.5 Å². The van der Waals surface area contributed by atoms with E-state index in [1.165, 1.54) is 0 Å². The Balaban J connectivity index is 2.16. The first-order chi connectivity index (χ1) is 9.11. The minimum absolute atomic E-state index is 0.0928. The van der Waals surface area contributed by atoms with Crippen molar-refractivity contribution in [2.45, 2.75) is 13.0 Å². The van der Waals surface area contributed by atoms with Crippen LogP contribution in [0.1, 0.15) is 17.2 Å². The lowest BCUT2D eigenvalue weighted by molar-refractivity contribution is -0.118. The Bertz CT molecular complexity index is 576. The van der Waals surface area contributed by atoms with Gasteiger partial charge in [-0.25, -0.2) is 0 Å². The topological polar surface area (TPSA) is 59.0 Å². The van der Waals surface area contributed by atoms with Gasteiger partial charge in [0.2, 0.25) is 5.91 Å². The van der Waals surface area contributed by atoms with Crippen LogP contribution in [0.5, 0.6) is 0 Å². The number of carbonyl (C=O) groups excluding carboxylic acids is 1. The molecule has 1 amide bonds. The second kappa shape index (κ2) is 5.67. The summed E-state index contributed by atoms with van der Waals surface area (Å²) >= 11 is 0. The van der Waals surface area contributed by atoms with Crippen molar-refractivity contribution in [1.29, 1.82) is 0 Å². The number of aromatic nitrogens is 2. The maximum atomic E-state index is 12.3. The van der Waals surface area contributed by atoms with Gasteiger partial charge < -0.3 is 10.6 Å². The predicted octanol–water partition coefficient (Wildman–Crippen LogP) is 1.63. The fraction of sp³-hybridized carbons (Fsp3) is 0.286. The molecule has 1 heterocycles. The van der Waals surface area contributed by atoms with Crippen molar-refractivity contribution >= 4 is 11.6 Å². The Hall–Kier alpha value is -2.14. The number of likely N-dealkylation sites (N-methyl/N-ethyl adjacent to an activating group) is 1. The number of nitrogens with one attached hydrogen (secondary N) is 2. The largest absolute Gasteiger partial charge is 0.324 e. The summed E-state index contributed by atoms with van der Waals surface area (Å²) in [6.07, 6.45) is 3.52. The molecule has 0 saturated heterocycles. The van der Waals surface area contributed by atoms with Gasteiger partial charge in [-0.1, -0.05) is 18.2 Å². The third kappa shape index (κ3) is 3.00. The quantitative estimate of drug-likeness (QED) is 0.876. The average molecular weight is 258 g/mol. The standard InChI is InChI=1S/C14H18N4O/c1-10-6-4-5-7-12(10)17-14(19)13(15-2)11-8-16-18(3)9-11/h4-9,13,15H,1-3H3,(H,17,19). The molecule has 0 bridgehead atoms. The number of aryl methyl sites for hydroxylation is 2. The van der Waals surface area contributed by atoms with Crippen molar-refractivity contribution in [3.63, 3.8) is 0 Å². The fourth-order valence-corrected chi connectivity index (χ4v) is 1.96. The van der Waals surface area contributed by atoms with Gasteiger partial charge in [0.05, 0.1) is 6.20 Å². The SMILES string of the molecule is CNC(C(=O)Nc1ccccc1C)c1cnn(C)c1. The second-order valence-electron chi connectivity index (χ2n) is 4.47. The highest BCUT2D eigenvalue weighted by Crippen LogP contribution is 2.17. The van der Waals surface area contributed by atoms with E-state index in [1.54, 1.807) is 17.9 Å². The molecule has 0 aliphatic heterocycles. The summed E-state index contributed by atoms with van der Waals surface area (Å²) in [5, 5.41) is 10.0. The lowest BCUT2D eigenvalue weighted by Crippen LogP contribution is -2.30. The number of hydrogen-bond donors (Lipinski definition) is 2. The summed E-state index contributed by atoms with van der Waals surface area (Å²) in [5.41, 5.74) is 2.71. The number of carbonyl (C=O) groups is 1. The first kappa shape index (κ1) is 13.3. The van der Waals surface area contributed by atoms with E-state index < -0.39 is 6.04 Å². The third-order valence-corrected chi connectivity index (χ3v) is 3.01. The molecule has 1 unspecified atom stereocenters. The zero-order valence-corrected chi connectivity index (χ0v) is 11.3. The molecular weight excluding hydrogens is 240 g/mol. The van der Waals surface area contributed by atoms with E-state index in [0.29, 0.717) is 0 Å². The van der Waals surface area contributed by atoms with Crippen LogP contribution in [-0.4, -0.2) is 22.7 Å². The smallest absolute Gasteiger partial charge is 0.246 e. The molecule has 5 nitrogen and oxygen atoms in total. The Morgan fingerprint density at radius 1 is 1.37 bits per heavy atom. The normalized spacial score (nSPS) is 12.2. The molecule has 5 heteroatoms. The van der Waals surface area contributed by atoms with Crippen LogP contribution in [0.15, 0.2) is 36.7 Å². The van der Waals surface area contributed by atoms with Crippen LogP contribution in [0, 0.1) is 6.92 Å². The van der Waals surface area contributed by atoms with Crippen LogP contribution in [-0.2, 0) is 11.8 Å². The Labute approximate surface area is 112 Å². The Morgan fingerprint density at radius 2 is 2.11 bits per heavy atom. The third-order valence-electron chi connectivity index (χ3n) is 3.01. The Kier molecular flexibility index (Phi) is 3.97. The van der Waals surface area contributed by atoms with Crippen LogP contribution in [0.3, 0.4) is 0 Å². The fourth-order valence-electron chi connectivity index (χ4n) is 1.96. The zero-order valence-electron chi connectivity index (χ0n) is 11.3. The molecule has 0 aliphatic rings. The minimum Gasteiger partial charge on any atom is -0.324 e. The number of rotatable bonds is 4. The number of amides is 1. The van der Waals surface area contributed by atoms with Crippen LogP contribution < -0.4 is 10.6 Å². The van der Waals surface area contributed by atoms with Gasteiger partial charge in [-0.15, -0.1) is 0 Å². The predicted molar refractivity (Wildman–Crippen MR) is 74.8 cm³/mol. The molecule has 1 atom stereocenters. The van der Waals surface area contributed by atoms with Crippen molar-refractivity contribution in [2.24, 2.45) is 7.05 Å². The molecule has 0 saturated carbocycles. The minimum atomic E-state index is -0.409. The van der Waals surface area contributed by atoms with Gasteiger partial charge in [-0.3, -0.25) is 9.48 Å². The van der Waals surface area contributed by atoms with Crippen molar-refractivity contribution < 1.29 is 4.79 Å². The number of benzene rings is 1. The molecule has 100 valence electrons.